The number of aryl methyl sites for hydroxylation is 1. The van der Waals surface area contributed by atoms with Crippen molar-refractivity contribution in [2.45, 2.75) is 69.5 Å². The molecule has 24 heavy (non-hydrogen) atoms. The molecule has 0 bridgehead atoms. The Morgan fingerprint density at radius 1 is 0.875 bits per heavy atom. The molecule has 0 spiro atoms. The van der Waals surface area contributed by atoms with E-state index in [1.54, 1.807) is 33.1 Å². The molecule has 0 aliphatic rings. The van der Waals surface area contributed by atoms with E-state index in [9.17, 15) is 0 Å². The summed E-state index contributed by atoms with van der Waals surface area (Å²) in [6.07, 6.45) is 10.1. The highest BCUT2D eigenvalue weighted by Crippen LogP contribution is 2.19. The minimum Gasteiger partial charge on any atom is -0.377 e. The molecular weight excluding hydrogens is 342 g/mol. The highest BCUT2D eigenvalue weighted by molar-refractivity contribution is 7.99. The molecule has 6 nitrogen and oxygen atoms in total. The molecule has 1 heterocycles. The first-order valence-corrected chi connectivity index (χ1v) is 11.7. The molecule has 140 valence electrons. The standard InChI is InChI=1S/C16H33N3O3SSi/c1-15-17-16(19-18-15)23-13-11-9-7-5-6-8-10-12-14-24(20-2,21-3)22-4/h5-14H2,1-4H3,(H,17,18,19). The third-order valence-electron chi connectivity index (χ3n) is 4.12. The highest BCUT2D eigenvalue weighted by Gasteiger charge is 2.36. The summed E-state index contributed by atoms with van der Waals surface area (Å²) in [6, 6.07) is 0.911. The van der Waals surface area contributed by atoms with Gasteiger partial charge in [0, 0.05) is 33.1 Å². The maximum Gasteiger partial charge on any atom is 0.500 e. The van der Waals surface area contributed by atoms with E-state index in [4.69, 9.17) is 13.3 Å². The molecule has 1 N–H and O–H groups in total. The van der Waals surface area contributed by atoms with E-state index in [0.29, 0.717) is 0 Å². The van der Waals surface area contributed by atoms with Gasteiger partial charge in [-0.25, -0.2) is 4.98 Å². The number of thioether (sulfide) groups is 1. The first-order chi connectivity index (χ1) is 11.7. The Bertz CT molecular complexity index is 422. The second kappa shape index (κ2) is 12.9. The molecule has 0 aliphatic heterocycles. The number of hydrogen-bond acceptors (Lipinski definition) is 6. The molecule has 0 radical (unpaired) electrons. The van der Waals surface area contributed by atoms with Crippen molar-refractivity contribution in [2.75, 3.05) is 27.1 Å². The van der Waals surface area contributed by atoms with Gasteiger partial charge in [0.1, 0.15) is 5.82 Å². The fourth-order valence-corrected chi connectivity index (χ4v) is 5.25. The average Bonchev–Trinajstić information content (AvgIpc) is 3.02. The largest absolute Gasteiger partial charge is 0.500 e. The van der Waals surface area contributed by atoms with Crippen LogP contribution in [0, 0.1) is 6.92 Å². The first-order valence-electron chi connectivity index (χ1n) is 8.83. The van der Waals surface area contributed by atoms with Gasteiger partial charge in [0.2, 0.25) is 5.16 Å². The van der Waals surface area contributed by atoms with Crippen LogP contribution in [-0.2, 0) is 13.3 Å². The molecule has 0 unspecified atom stereocenters. The van der Waals surface area contributed by atoms with Gasteiger partial charge in [-0.15, -0.1) is 5.10 Å². The van der Waals surface area contributed by atoms with Gasteiger partial charge in [0.05, 0.1) is 0 Å². The Hall–Kier alpha value is -0.413. The average molecular weight is 376 g/mol. The van der Waals surface area contributed by atoms with Crippen LogP contribution >= 0.6 is 11.8 Å². The van der Waals surface area contributed by atoms with Crippen molar-refractivity contribution in [1.29, 1.82) is 0 Å². The smallest absolute Gasteiger partial charge is 0.377 e. The lowest BCUT2D eigenvalue weighted by molar-refractivity contribution is 0.122. The molecule has 0 aromatic carbocycles. The zero-order chi connectivity index (χ0) is 17.7. The van der Waals surface area contributed by atoms with Crippen LogP contribution in [0.5, 0.6) is 0 Å². The van der Waals surface area contributed by atoms with Crippen molar-refractivity contribution >= 4 is 20.6 Å². The van der Waals surface area contributed by atoms with Crippen molar-refractivity contribution in [1.82, 2.24) is 15.2 Å². The summed E-state index contributed by atoms with van der Waals surface area (Å²) in [7, 11) is 2.70. The van der Waals surface area contributed by atoms with Crippen LogP contribution in [0.3, 0.4) is 0 Å². The fraction of sp³-hybridized carbons (Fsp3) is 0.875. The zero-order valence-electron chi connectivity index (χ0n) is 15.6. The number of rotatable bonds is 15. The van der Waals surface area contributed by atoms with Crippen LogP contribution in [0.2, 0.25) is 6.04 Å². The molecule has 0 amide bonds. The van der Waals surface area contributed by atoms with Crippen LogP contribution in [0.25, 0.3) is 0 Å². The second-order valence-electron chi connectivity index (χ2n) is 5.93. The predicted molar refractivity (Wildman–Crippen MR) is 100 cm³/mol. The molecule has 0 aliphatic carbocycles. The maximum atomic E-state index is 5.43. The lowest BCUT2D eigenvalue weighted by Gasteiger charge is -2.24. The quantitative estimate of drug-likeness (QED) is 0.281. The molecule has 0 saturated heterocycles. The normalized spacial score (nSPS) is 12.0. The third-order valence-corrected chi connectivity index (χ3v) is 7.88. The van der Waals surface area contributed by atoms with Gasteiger partial charge >= 0.3 is 8.80 Å². The van der Waals surface area contributed by atoms with Crippen LogP contribution < -0.4 is 0 Å². The molecule has 1 aromatic rings. The van der Waals surface area contributed by atoms with Gasteiger partial charge in [0.25, 0.3) is 0 Å². The summed E-state index contributed by atoms with van der Waals surface area (Å²) in [4.78, 5) is 4.29. The third kappa shape index (κ3) is 8.62. The molecule has 0 saturated carbocycles. The topological polar surface area (TPSA) is 69.3 Å². The van der Waals surface area contributed by atoms with E-state index in [0.717, 1.165) is 29.2 Å². The van der Waals surface area contributed by atoms with E-state index in [1.807, 2.05) is 6.92 Å². The van der Waals surface area contributed by atoms with Gasteiger partial charge in [-0.3, -0.25) is 5.10 Å². The van der Waals surface area contributed by atoms with Gasteiger partial charge in [-0.05, 0) is 19.8 Å². The fourth-order valence-electron chi connectivity index (χ4n) is 2.61. The van der Waals surface area contributed by atoms with Crippen molar-refractivity contribution < 1.29 is 13.3 Å². The number of H-pyrrole nitrogens is 1. The Labute approximate surface area is 151 Å². The predicted octanol–water partition coefficient (Wildman–Crippen LogP) is 4.20. The monoisotopic (exact) mass is 375 g/mol. The van der Waals surface area contributed by atoms with E-state index in [-0.39, 0.29) is 0 Å². The summed E-state index contributed by atoms with van der Waals surface area (Å²) in [5.41, 5.74) is 0. The Morgan fingerprint density at radius 3 is 1.92 bits per heavy atom. The highest BCUT2D eigenvalue weighted by atomic mass is 32.2. The van der Waals surface area contributed by atoms with Crippen molar-refractivity contribution in [3.8, 4) is 0 Å². The summed E-state index contributed by atoms with van der Waals surface area (Å²) < 4.78 is 16.3. The van der Waals surface area contributed by atoms with Gasteiger partial charge < -0.3 is 13.3 Å². The van der Waals surface area contributed by atoms with Crippen LogP contribution in [0.15, 0.2) is 5.16 Å². The zero-order valence-corrected chi connectivity index (χ0v) is 17.4. The number of aromatic amines is 1. The summed E-state index contributed by atoms with van der Waals surface area (Å²) in [6.45, 7) is 1.93. The van der Waals surface area contributed by atoms with Gasteiger partial charge in [0.15, 0.2) is 0 Å². The van der Waals surface area contributed by atoms with E-state index >= 15 is 0 Å². The number of aromatic nitrogens is 3. The van der Waals surface area contributed by atoms with E-state index < -0.39 is 8.80 Å². The summed E-state index contributed by atoms with van der Waals surface area (Å²) in [5, 5.41) is 7.87. The molecular formula is C16H33N3O3SSi. The minimum atomic E-state index is -2.35. The lowest BCUT2D eigenvalue weighted by Crippen LogP contribution is -2.42. The van der Waals surface area contributed by atoms with Crippen LogP contribution in [0.4, 0.5) is 0 Å². The van der Waals surface area contributed by atoms with Gasteiger partial charge in [-0.2, -0.15) is 0 Å². The number of unbranched alkanes of at least 4 members (excludes halogenated alkanes) is 7. The summed E-state index contributed by atoms with van der Waals surface area (Å²) >= 11 is 1.74. The lowest BCUT2D eigenvalue weighted by atomic mass is 10.1. The molecule has 0 atom stereocenters. The Balaban J connectivity index is 1.88. The van der Waals surface area contributed by atoms with Crippen molar-refractivity contribution in [3.63, 3.8) is 0 Å². The Kier molecular flexibility index (Phi) is 11.6. The number of nitrogens with zero attached hydrogens (tertiary/aromatic N) is 2. The first kappa shape index (κ1) is 21.6. The molecule has 1 aromatic heterocycles. The van der Waals surface area contributed by atoms with Crippen molar-refractivity contribution in [2.24, 2.45) is 0 Å². The van der Waals surface area contributed by atoms with Crippen LogP contribution in [-0.4, -0.2) is 51.1 Å². The minimum absolute atomic E-state index is 0.871. The number of nitrogens with one attached hydrogen (secondary N) is 1. The molecule has 1 rings (SSSR count). The second-order valence-corrected chi connectivity index (χ2v) is 10.1. The van der Waals surface area contributed by atoms with Crippen molar-refractivity contribution in [3.05, 3.63) is 5.82 Å². The number of hydrogen-bond donors (Lipinski definition) is 1. The molecule has 0 fully saturated rings. The maximum absolute atomic E-state index is 5.43. The Morgan fingerprint density at radius 2 is 1.42 bits per heavy atom. The van der Waals surface area contributed by atoms with Gasteiger partial charge in [-0.1, -0.05) is 50.3 Å². The summed E-state index contributed by atoms with van der Waals surface area (Å²) in [5.74, 6) is 1.99. The van der Waals surface area contributed by atoms with Crippen LogP contribution in [0.1, 0.15) is 57.2 Å². The SMILES string of the molecule is CO[Si](CCCCCCCCCCSc1n[nH]c(C)n1)(OC)OC. The van der Waals surface area contributed by atoms with E-state index in [2.05, 4.69) is 15.2 Å². The molecule has 8 heteroatoms. The van der Waals surface area contributed by atoms with E-state index in [1.165, 1.54) is 44.9 Å².